The molecule has 0 bridgehead atoms. The number of carbonyl (C=O) groups excluding carboxylic acids is 2. The Morgan fingerprint density at radius 2 is 1.29 bits per heavy atom. The first-order chi connectivity index (χ1) is 18.4. The van der Waals surface area contributed by atoms with E-state index in [4.69, 9.17) is 23.7 Å². The van der Waals surface area contributed by atoms with Gasteiger partial charge in [-0.05, 0) is 54.1 Å². The summed E-state index contributed by atoms with van der Waals surface area (Å²) in [6.07, 6.45) is 0. The molecule has 1 atom stereocenters. The second kappa shape index (κ2) is 11.6. The molecular formula is C29H29NO8. The number of rotatable bonds is 10. The minimum atomic E-state index is -0.880. The van der Waals surface area contributed by atoms with Gasteiger partial charge in [0.1, 0.15) is 46.7 Å². The van der Waals surface area contributed by atoms with E-state index >= 15 is 0 Å². The van der Waals surface area contributed by atoms with Crippen LogP contribution in [0.2, 0.25) is 0 Å². The molecule has 1 saturated heterocycles. The second-order valence-electron chi connectivity index (χ2n) is 8.33. The van der Waals surface area contributed by atoms with Gasteiger partial charge in [0.2, 0.25) is 0 Å². The van der Waals surface area contributed by atoms with E-state index in [1.54, 1.807) is 80.9 Å². The molecule has 3 aromatic rings. The van der Waals surface area contributed by atoms with Crippen LogP contribution in [0.15, 0.2) is 72.3 Å². The summed E-state index contributed by atoms with van der Waals surface area (Å²) in [4.78, 5) is 28.0. The summed E-state index contributed by atoms with van der Waals surface area (Å²) in [7, 11) is 6.01. The molecule has 9 nitrogen and oxygen atoms in total. The third kappa shape index (κ3) is 5.08. The normalized spacial score (nSPS) is 16.3. The lowest BCUT2D eigenvalue weighted by Crippen LogP contribution is -2.33. The summed E-state index contributed by atoms with van der Waals surface area (Å²) in [5.41, 5.74) is 0.723. The van der Waals surface area contributed by atoms with Crippen molar-refractivity contribution >= 4 is 17.4 Å². The first-order valence-corrected chi connectivity index (χ1v) is 11.8. The van der Waals surface area contributed by atoms with Gasteiger partial charge in [0.25, 0.3) is 11.7 Å². The van der Waals surface area contributed by atoms with Crippen molar-refractivity contribution in [1.29, 1.82) is 0 Å². The predicted molar refractivity (Wildman–Crippen MR) is 140 cm³/mol. The van der Waals surface area contributed by atoms with Gasteiger partial charge >= 0.3 is 0 Å². The predicted octanol–water partition coefficient (Wildman–Crippen LogP) is 4.22. The summed E-state index contributed by atoms with van der Waals surface area (Å²) in [5.74, 6) is 0.516. The number of hydrogen-bond acceptors (Lipinski definition) is 8. The largest absolute Gasteiger partial charge is 0.506 e. The van der Waals surface area contributed by atoms with Gasteiger partial charge in [-0.2, -0.15) is 0 Å². The van der Waals surface area contributed by atoms with E-state index in [1.165, 1.54) is 19.1 Å². The van der Waals surface area contributed by atoms with E-state index in [0.29, 0.717) is 34.3 Å². The van der Waals surface area contributed by atoms with Crippen molar-refractivity contribution in [3.05, 3.63) is 83.4 Å². The molecule has 1 fully saturated rings. The van der Waals surface area contributed by atoms with Gasteiger partial charge < -0.3 is 33.7 Å². The molecule has 4 rings (SSSR count). The van der Waals surface area contributed by atoms with E-state index < -0.39 is 23.5 Å². The van der Waals surface area contributed by atoms with Crippen molar-refractivity contribution < 1.29 is 38.4 Å². The smallest absolute Gasteiger partial charge is 0.295 e. The van der Waals surface area contributed by atoms with Crippen LogP contribution in [0.5, 0.6) is 28.7 Å². The second-order valence-corrected chi connectivity index (χ2v) is 8.33. The first-order valence-electron chi connectivity index (χ1n) is 11.8. The number of carbonyl (C=O) groups is 2. The van der Waals surface area contributed by atoms with Crippen LogP contribution in [0, 0.1) is 0 Å². The Balaban J connectivity index is 1.75. The lowest BCUT2D eigenvalue weighted by atomic mass is 9.94. The van der Waals surface area contributed by atoms with E-state index in [-0.39, 0.29) is 24.3 Å². The number of methoxy groups -OCH3 is 4. The lowest BCUT2D eigenvalue weighted by molar-refractivity contribution is -0.140. The molecule has 1 aliphatic rings. The van der Waals surface area contributed by atoms with Crippen LogP contribution in [0.3, 0.4) is 0 Å². The number of likely N-dealkylation sites (tertiary alicyclic amines) is 1. The van der Waals surface area contributed by atoms with Crippen molar-refractivity contribution in [2.24, 2.45) is 0 Å². The third-order valence-electron chi connectivity index (χ3n) is 6.30. The summed E-state index contributed by atoms with van der Waals surface area (Å²) in [6.45, 7) is 0.206. The molecule has 1 heterocycles. The molecule has 38 heavy (non-hydrogen) atoms. The summed E-state index contributed by atoms with van der Waals surface area (Å²) >= 11 is 0. The van der Waals surface area contributed by atoms with Crippen LogP contribution in [-0.4, -0.2) is 63.3 Å². The fourth-order valence-electron chi connectivity index (χ4n) is 4.40. The number of aliphatic hydroxyl groups is 1. The molecule has 1 amide bonds. The highest BCUT2D eigenvalue weighted by Crippen LogP contribution is 2.43. The molecule has 0 saturated carbocycles. The topological polar surface area (TPSA) is 104 Å². The minimum Gasteiger partial charge on any atom is -0.506 e. The molecule has 9 heteroatoms. The fraction of sp³-hybridized carbons (Fsp3) is 0.241. The van der Waals surface area contributed by atoms with Crippen molar-refractivity contribution in [3.8, 4) is 28.7 Å². The number of Topliss-reactive ketones (excluding diaryl/α,β-unsaturated/α-hetero) is 1. The van der Waals surface area contributed by atoms with Gasteiger partial charge in [0, 0.05) is 0 Å². The van der Waals surface area contributed by atoms with Gasteiger partial charge in [0.15, 0.2) is 0 Å². The number of benzene rings is 3. The summed E-state index contributed by atoms with van der Waals surface area (Å²) < 4.78 is 27.1. The zero-order valence-corrected chi connectivity index (χ0v) is 21.6. The molecule has 0 aliphatic carbocycles. The highest BCUT2D eigenvalue weighted by molar-refractivity contribution is 6.46. The van der Waals surface area contributed by atoms with Gasteiger partial charge in [-0.3, -0.25) is 9.59 Å². The van der Waals surface area contributed by atoms with E-state index in [0.717, 1.165) is 0 Å². The maximum Gasteiger partial charge on any atom is 0.295 e. The van der Waals surface area contributed by atoms with Gasteiger partial charge in [-0.15, -0.1) is 0 Å². The molecule has 3 aromatic carbocycles. The van der Waals surface area contributed by atoms with Crippen LogP contribution >= 0.6 is 0 Å². The minimum absolute atomic E-state index is 0.0765. The average Bonchev–Trinajstić information content (AvgIpc) is 3.21. The Bertz CT molecular complexity index is 1310. The number of ketones is 1. The fourth-order valence-corrected chi connectivity index (χ4v) is 4.40. The zero-order valence-electron chi connectivity index (χ0n) is 21.6. The maximum atomic E-state index is 13.4. The van der Waals surface area contributed by atoms with E-state index in [1.807, 2.05) is 0 Å². The number of amides is 1. The van der Waals surface area contributed by atoms with Crippen molar-refractivity contribution in [2.75, 3.05) is 41.6 Å². The summed E-state index contributed by atoms with van der Waals surface area (Å²) in [6, 6.07) is 18.1. The number of ether oxygens (including phenoxy) is 5. The zero-order chi connectivity index (χ0) is 27.2. The summed E-state index contributed by atoms with van der Waals surface area (Å²) in [5, 5.41) is 11.5. The number of aliphatic hydroxyl groups excluding tert-OH is 1. The highest BCUT2D eigenvalue weighted by atomic mass is 16.5. The first kappa shape index (κ1) is 26.4. The molecule has 1 aliphatic heterocycles. The average molecular weight is 520 g/mol. The number of nitrogens with zero attached hydrogens (tertiary/aromatic N) is 1. The Kier molecular flexibility index (Phi) is 8.06. The SMILES string of the molecule is COc1ccc(OCCN2C(=O)C(=O)/C(=C(/O)c3c(OC)cccc3OC)C2c2ccc(OC)cc2)cc1. The third-order valence-corrected chi connectivity index (χ3v) is 6.30. The Morgan fingerprint density at radius 3 is 1.82 bits per heavy atom. The molecule has 0 radical (unpaired) electrons. The molecule has 198 valence electrons. The van der Waals surface area contributed by atoms with Gasteiger partial charge in [-0.1, -0.05) is 18.2 Å². The standard InChI is InChI=1S/C29H29NO8/c1-34-19-10-8-18(9-11-19)26-25(27(31)24-22(36-3)6-5-7-23(24)37-4)28(32)29(33)30(26)16-17-38-21-14-12-20(35-2)13-15-21/h5-15,26,31H,16-17H2,1-4H3/b27-25+. The van der Waals surface area contributed by atoms with E-state index in [2.05, 4.69) is 0 Å². The molecule has 0 aromatic heterocycles. The molecule has 1 unspecified atom stereocenters. The Morgan fingerprint density at radius 1 is 0.763 bits per heavy atom. The van der Waals surface area contributed by atoms with Crippen LogP contribution in [-0.2, 0) is 9.59 Å². The quantitative estimate of drug-likeness (QED) is 0.241. The van der Waals surface area contributed by atoms with Crippen molar-refractivity contribution in [1.82, 2.24) is 4.90 Å². The Hall–Kier alpha value is -4.66. The van der Waals surface area contributed by atoms with E-state index in [9.17, 15) is 14.7 Å². The van der Waals surface area contributed by atoms with Crippen LogP contribution in [0.4, 0.5) is 0 Å². The Labute approximate surface area is 220 Å². The van der Waals surface area contributed by atoms with Gasteiger partial charge in [0.05, 0.1) is 46.6 Å². The van der Waals surface area contributed by atoms with Crippen molar-refractivity contribution in [3.63, 3.8) is 0 Å². The lowest BCUT2D eigenvalue weighted by Gasteiger charge is -2.25. The highest BCUT2D eigenvalue weighted by Gasteiger charge is 2.46. The number of hydrogen-bond donors (Lipinski definition) is 1. The van der Waals surface area contributed by atoms with Gasteiger partial charge in [-0.25, -0.2) is 0 Å². The molecule has 1 N–H and O–H groups in total. The van der Waals surface area contributed by atoms with Crippen LogP contribution in [0.25, 0.3) is 5.76 Å². The molecule has 0 spiro atoms. The van der Waals surface area contributed by atoms with Crippen LogP contribution in [0.1, 0.15) is 17.2 Å². The molecular weight excluding hydrogens is 490 g/mol. The maximum absolute atomic E-state index is 13.4. The van der Waals surface area contributed by atoms with Crippen molar-refractivity contribution in [2.45, 2.75) is 6.04 Å². The van der Waals surface area contributed by atoms with Crippen LogP contribution < -0.4 is 23.7 Å². The monoisotopic (exact) mass is 519 g/mol.